The van der Waals surface area contributed by atoms with Gasteiger partial charge in [-0.15, -0.1) is 11.3 Å². The molecule has 25 heavy (non-hydrogen) atoms. The molecule has 1 atom stereocenters. The number of ether oxygens (including phenoxy) is 2. The summed E-state index contributed by atoms with van der Waals surface area (Å²) in [5.74, 6) is -0.0736. The van der Waals surface area contributed by atoms with E-state index in [1.807, 2.05) is 17.9 Å². The van der Waals surface area contributed by atoms with Crippen molar-refractivity contribution < 1.29 is 14.3 Å². The number of hydrogen-bond acceptors (Lipinski definition) is 6. The predicted molar refractivity (Wildman–Crippen MR) is 94.9 cm³/mol. The highest BCUT2D eigenvalue weighted by atomic mass is 32.1. The van der Waals surface area contributed by atoms with Gasteiger partial charge in [0.15, 0.2) is 5.13 Å². The predicted octanol–water partition coefficient (Wildman–Crippen LogP) is 1.80. The minimum Gasteiger partial charge on any atom is -0.376 e. The Morgan fingerprint density at radius 2 is 2.40 bits per heavy atom. The molecule has 0 spiro atoms. The van der Waals surface area contributed by atoms with E-state index in [2.05, 4.69) is 5.10 Å². The molecule has 8 heteroatoms. The third-order valence-electron chi connectivity index (χ3n) is 4.80. The topological polar surface area (TPSA) is 69.5 Å². The highest BCUT2D eigenvalue weighted by Gasteiger charge is 2.29. The molecule has 0 aromatic carbocycles. The summed E-state index contributed by atoms with van der Waals surface area (Å²) in [4.78, 5) is 20.4. The van der Waals surface area contributed by atoms with Crippen molar-refractivity contribution >= 4 is 22.4 Å². The van der Waals surface area contributed by atoms with Gasteiger partial charge in [-0.2, -0.15) is 5.10 Å². The van der Waals surface area contributed by atoms with E-state index in [0.29, 0.717) is 6.54 Å². The Hall–Kier alpha value is -1.77. The lowest BCUT2D eigenvalue weighted by atomic mass is 10.0. The second-order valence-corrected chi connectivity index (χ2v) is 7.53. The number of carbonyl (C=O) groups is 1. The minimum absolute atomic E-state index is 0.0507. The van der Waals surface area contributed by atoms with Gasteiger partial charge in [0.1, 0.15) is 6.61 Å². The van der Waals surface area contributed by atoms with Crippen LogP contribution in [0.2, 0.25) is 0 Å². The summed E-state index contributed by atoms with van der Waals surface area (Å²) in [5, 5.41) is 5.10. The van der Waals surface area contributed by atoms with Crippen molar-refractivity contribution in [2.75, 3.05) is 31.8 Å². The van der Waals surface area contributed by atoms with Crippen LogP contribution in [0.4, 0.5) is 5.13 Å². The van der Waals surface area contributed by atoms with Crippen molar-refractivity contribution in [3.63, 3.8) is 0 Å². The molecule has 7 nitrogen and oxygen atoms in total. The average molecular weight is 362 g/mol. The maximum absolute atomic E-state index is 12.6. The fourth-order valence-electron chi connectivity index (χ4n) is 3.50. The van der Waals surface area contributed by atoms with Gasteiger partial charge in [-0.05, 0) is 25.7 Å². The minimum atomic E-state index is -0.0736. The van der Waals surface area contributed by atoms with Gasteiger partial charge in [0.2, 0.25) is 0 Å². The number of amides is 1. The van der Waals surface area contributed by atoms with Crippen LogP contribution in [0.25, 0.3) is 11.3 Å². The van der Waals surface area contributed by atoms with Gasteiger partial charge in [-0.3, -0.25) is 14.4 Å². The summed E-state index contributed by atoms with van der Waals surface area (Å²) in [5.41, 5.74) is 3.26. The molecule has 2 aromatic heterocycles. The first-order valence-corrected chi connectivity index (χ1v) is 9.41. The summed E-state index contributed by atoms with van der Waals surface area (Å²) in [6, 6.07) is 0. The zero-order chi connectivity index (χ0) is 17.4. The van der Waals surface area contributed by atoms with E-state index >= 15 is 0 Å². The van der Waals surface area contributed by atoms with Crippen molar-refractivity contribution in [2.45, 2.75) is 31.8 Å². The molecule has 0 N–H and O–H groups in total. The maximum Gasteiger partial charge on any atom is 0.254 e. The molecule has 3 heterocycles. The van der Waals surface area contributed by atoms with Crippen molar-refractivity contribution in [1.29, 1.82) is 0 Å². The van der Waals surface area contributed by atoms with E-state index in [1.165, 1.54) is 17.7 Å². The van der Waals surface area contributed by atoms with Gasteiger partial charge in [-0.1, -0.05) is 0 Å². The monoisotopic (exact) mass is 362 g/mol. The van der Waals surface area contributed by atoms with Gasteiger partial charge in [0.25, 0.3) is 5.91 Å². The lowest BCUT2D eigenvalue weighted by Crippen LogP contribution is -2.39. The molecule has 0 saturated carbocycles. The van der Waals surface area contributed by atoms with E-state index in [1.54, 1.807) is 16.2 Å². The van der Waals surface area contributed by atoms with Crippen LogP contribution < -0.4 is 4.90 Å². The number of aromatic nitrogens is 3. The molecular weight excluding hydrogens is 340 g/mol. The summed E-state index contributed by atoms with van der Waals surface area (Å²) < 4.78 is 12.7. The zero-order valence-corrected chi connectivity index (χ0v) is 15.3. The highest BCUT2D eigenvalue weighted by Crippen LogP contribution is 2.39. The summed E-state index contributed by atoms with van der Waals surface area (Å²) in [6.07, 6.45) is 5.87. The van der Waals surface area contributed by atoms with Crippen LogP contribution in [0.5, 0.6) is 0 Å². The zero-order valence-electron chi connectivity index (χ0n) is 14.5. The molecule has 0 unspecified atom stereocenters. The standard InChI is InChI=1S/C17H22N4O3S/c1-20-13-5-6-14-16(12(13)8-18-20)19-17(25-14)21(15(22)10-23-2)9-11-4-3-7-24-11/h8,11H,3-7,9-10H2,1-2H3/t11-/m1/s1. The molecule has 1 amide bonds. The normalized spacial score (nSPS) is 18.9. The number of aryl methyl sites for hydroxylation is 2. The van der Waals surface area contributed by atoms with Crippen LogP contribution in [0, 0.1) is 0 Å². The van der Waals surface area contributed by atoms with Crippen molar-refractivity contribution in [3.05, 3.63) is 16.8 Å². The first-order chi connectivity index (χ1) is 12.2. The molecule has 0 bridgehead atoms. The van der Waals surface area contributed by atoms with Crippen LogP contribution in [0.15, 0.2) is 6.20 Å². The first kappa shape index (κ1) is 16.7. The fourth-order valence-corrected chi connectivity index (χ4v) is 4.60. The molecule has 1 aliphatic carbocycles. The SMILES string of the molecule is COCC(=O)N(C[C@H]1CCCO1)c1nc2c(s1)CCc1c-2cnn1C. The average Bonchev–Trinajstić information content (AvgIpc) is 3.32. The Balaban J connectivity index is 1.66. The van der Waals surface area contributed by atoms with E-state index in [-0.39, 0.29) is 18.6 Å². The van der Waals surface area contributed by atoms with E-state index < -0.39 is 0 Å². The number of fused-ring (bicyclic) bond motifs is 3. The van der Waals surface area contributed by atoms with Gasteiger partial charge in [-0.25, -0.2) is 4.98 Å². The molecule has 1 aliphatic heterocycles. The highest BCUT2D eigenvalue weighted by molar-refractivity contribution is 7.16. The Labute approximate surface area is 150 Å². The number of hydrogen-bond donors (Lipinski definition) is 0. The Morgan fingerprint density at radius 3 is 3.16 bits per heavy atom. The van der Waals surface area contributed by atoms with Crippen molar-refractivity contribution in [1.82, 2.24) is 14.8 Å². The molecule has 0 radical (unpaired) electrons. The Bertz CT molecular complexity index is 779. The molecule has 4 rings (SSSR count). The van der Waals surface area contributed by atoms with Crippen LogP contribution in [0.3, 0.4) is 0 Å². The van der Waals surface area contributed by atoms with Gasteiger partial charge in [0, 0.05) is 36.9 Å². The van der Waals surface area contributed by atoms with Crippen LogP contribution in [-0.2, 0) is 34.2 Å². The van der Waals surface area contributed by atoms with Gasteiger partial charge >= 0.3 is 0 Å². The first-order valence-electron chi connectivity index (χ1n) is 8.59. The van der Waals surface area contributed by atoms with Crippen molar-refractivity contribution in [2.24, 2.45) is 7.05 Å². The number of nitrogens with zero attached hydrogens (tertiary/aromatic N) is 4. The lowest BCUT2D eigenvalue weighted by molar-refractivity contribution is -0.122. The van der Waals surface area contributed by atoms with Crippen molar-refractivity contribution in [3.8, 4) is 11.3 Å². The lowest BCUT2D eigenvalue weighted by Gasteiger charge is -2.22. The third-order valence-corrected chi connectivity index (χ3v) is 5.94. The summed E-state index contributed by atoms with van der Waals surface area (Å²) in [7, 11) is 3.50. The molecule has 1 saturated heterocycles. The summed E-state index contributed by atoms with van der Waals surface area (Å²) >= 11 is 1.60. The van der Waals surface area contributed by atoms with Crippen LogP contribution in [0.1, 0.15) is 23.4 Å². The molecule has 2 aromatic rings. The van der Waals surface area contributed by atoms with E-state index in [9.17, 15) is 4.79 Å². The largest absolute Gasteiger partial charge is 0.376 e. The number of methoxy groups -OCH3 is 1. The van der Waals surface area contributed by atoms with Crippen LogP contribution >= 0.6 is 11.3 Å². The number of carbonyl (C=O) groups excluding carboxylic acids is 1. The fraction of sp³-hybridized carbons (Fsp3) is 0.588. The second kappa shape index (κ2) is 6.86. The smallest absolute Gasteiger partial charge is 0.254 e. The number of thiazole rings is 1. The quantitative estimate of drug-likeness (QED) is 0.811. The van der Waals surface area contributed by atoms with E-state index in [0.717, 1.165) is 48.7 Å². The Kier molecular flexibility index (Phi) is 4.58. The molecule has 2 aliphatic rings. The Morgan fingerprint density at radius 1 is 1.52 bits per heavy atom. The molecular formula is C17H22N4O3S. The van der Waals surface area contributed by atoms with E-state index in [4.69, 9.17) is 14.5 Å². The van der Waals surface area contributed by atoms with Gasteiger partial charge in [0.05, 0.1) is 24.5 Å². The molecule has 134 valence electrons. The number of anilines is 1. The number of rotatable bonds is 5. The maximum atomic E-state index is 12.6. The second-order valence-electron chi connectivity index (χ2n) is 6.47. The summed E-state index contributed by atoms with van der Waals surface area (Å²) in [6.45, 7) is 1.36. The third kappa shape index (κ3) is 3.09. The molecule has 1 fully saturated rings. The van der Waals surface area contributed by atoms with Crippen LogP contribution in [-0.4, -0.2) is 53.6 Å². The van der Waals surface area contributed by atoms with Gasteiger partial charge < -0.3 is 9.47 Å².